The van der Waals surface area contributed by atoms with Crippen molar-refractivity contribution in [3.8, 4) is 0 Å². The molecular weight excluding hydrogens is 304 g/mol. The van der Waals surface area contributed by atoms with Gasteiger partial charge >= 0.3 is 0 Å². The Hall–Kier alpha value is -2.73. The van der Waals surface area contributed by atoms with Crippen LogP contribution in [-0.4, -0.2) is 42.3 Å². The molecule has 0 atom stereocenters. The Morgan fingerprint density at radius 3 is 2.46 bits per heavy atom. The summed E-state index contributed by atoms with van der Waals surface area (Å²) in [5, 5.41) is 17.4. The van der Waals surface area contributed by atoms with Gasteiger partial charge in [0.25, 0.3) is 5.69 Å². The fourth-order valence-electron chi connectivity index (χ4n) is 2.89. The first-order valence-electron chi connectivity index (χ1n) is 8.12. The number of rotatable bonds is 5. The molecule has 0 radical (unpaired) electrons. The number of nitro benzene ring substituents is 1. The third-order valence-electron chi connectivity index (χ3n) is 4.24. The summed E-state index contributed by atoms with van der Waals surface area (Å²) in [4.78, 5) is 12.2. The molecule has 0 bridgehead atoms. The summed E-state index contributed by atoms with van der Waals surface area (Å²) >= 11 is 0. The molecule has 3 rings (SSSR count). The van der Waals surface area contributed by atoms with Crippen LogP contribution in [0.2, 0.25) is 0 Å². The zero-order valence-corrected chi connectivity index (χ0v) is 13.5. The second-order valence-corrected chi connectivity index (χ2v) is 5.93. The molecule has 1 aliphatic heterocycles. The van der Waals surface area contributed by atoms with Gasteiger partial charge in [-0.3, -0.25) is 15.1 Å². The molecule has 0 unspecified atom stereocenters. The normalized spacial score (nSPS) is 15.8. The number of benzene rings is 2. The Labute approximate surface area is 141 Å². The SMILES string of the molecule is O=[N+]([O-])c1ccccc1/C=N\N1CC[NH+](Cc2ccccc2)CC1. The maximum Gasteiger partial charge on any atom is 0.278 e. The first-order valence-corrected chi connectivity index (χ1v) is 8.12. The third-order valence-corrected chi connectivity index (χ3v) is 4.24. The van der Waals surface area contributed by atoms with E-state index in [1.165, 1.54) is 11.6 Å². The average molecular weight is 325 g/mol. The lowest BCUT2D eigenvalue weighted by Gasteiger charge is -2.30. The molecule has 1 saturated heterocycles. The van der Waals surface area contributed by atoms with Crippen molar-refractivity contribution < 1.29 is 9.82 Å². The van der Waals surface area contributed by atoms with Crippen molar-refractivity contribution in [2.45, 2.75) is 6.54 Å². The van der Waals surface area contributed by atoms with Gasteiger partial charge in [0.15, 0.2) is 0 Å². The monoisotopic (exact) mass is 325 g/mol. The first-order chi connectivity index (χ1) is 11.7. The van der Waals surface area contributed by atoms with Gasteiger partial charge in [0.2, 0.25) is 0 Å². The minimum Gasteiger partial charge on any atom is -0.328 e. The van der Waals surface area contributed by atoms with Crippen molar-refractivity contribution >= 4 is 11.9 Å². The van der Waals surface area contributed by atoms with Crippen LogP contribution in [0.25, 0.3) is 0 Å². The molecule has 0 amide bonds. The van der Waals surface area contributed by atoms with E-state index in [2.05, 4.69) is 29.4 Å². The maximum absolute atomic E-state index is 11.0. The van der Waals surface area contributed by atoms with E-state index in [4.69, 9.17) is 0 Å². The van der Waals surface area contributed by atoms with Gasteiger partial charge in [-0.15, -0.1) is 0 Å². The summed E-state index contributed by atoms with van der Waals surface area (Å²) in [7, 11) is 0. The van der Waals surface area contributed by atoms with Gasteiger partial charge in [0.1, 0.15) is 6.54 Å². The lowest BCUT2D eigenvalue weighted by atomic mass is 10.2. The van der Waals surface area contributed by atoms with E-state index in [1.54, 1.807) is 29.3 Å². The maximum atomic E-state index is 11.0. The molecule has 0 saturated carbocycles. The molecule has 6 heteroatoms. The molecule has 1 fully saturated rings. The molecule has 0 spiro atoms. The summed E-state index contributed by atoms with van der Waals surface area (Å²) in [5.41, 5.74) is 1.99. The van der Waals surface area contributed by atoms with Crippen molar-refractivity contribution in [1.29, 1.82) is 0 Å². The topological polar surface area (TPSA) is 63.2 Å². The predicted octanol–water partition coefficient (Wildman–Crippen LogP) is 1.33. The van der Waals surface area contributed by atoms with Gasteiger partial charge in [-0.2, -0.15) is 5.10 Å². The highest BCUT2D eigenvalue weighted by Gasteiger charge is 2.19. The number of nitrogens with zero attached hydrogens (tertiary/aromatic N) is 3. The Kier molecular flexibility index (Phi) is 5.18. The fraction of sp³-hybridized carbons (Fsp3) is 0.278. The summed E-state index contributed by atoms with van der Waals surface area (Å²) in [6.45, 7) is 4.79. The number of nitro groups is 1. The van der Waals surface area contributed by atoms with E-state index in [9.17, 15) is 10.1 Å². The fourth-order valence-corrected chi connectivity index (χ4v) is 2.89. The largest absolute Gasteiger partial charge is 0.328 e. The minimum atomic E-state index is -0.372. The van der Waals surface area contributed by atoms with E-state index in [0.717, 1.165) is 32.7 Å². The number of para-hydroxylation sites is 1. The highest BCUT2D eigenvalue weighted by molar-refractivity contribution is 5.84. The predicted molar refractivity (Wildman–Crippen MR) is 93.1 cm³/mol. The summed E-state index contributed by atoms with van der Waals surface area (Å²) in [6, 6.07) is 17.2. The van der Waals surface area contributed by atoms with Gasteiger partial charge in [-0.1, -0.05) is 42.5 Å². The van der Waals surface area contributed by atoms with Crippen LogP contribution in [0.5, 0.6) is 0 Å². The highest BCUT2D eigenvalue weighted by Crippen LogP contribution is 2.15. The number of quaternary nitrogens is 1. The Morgan fingerprint density at radius 2 is 1.75 bits per heavy atom. The standard InChI is InChI=1S/C18H20N4O2/c23-22(24)18-9-5-4-8-17(18)14-19-21-12-10-20(11-13-21)15-16-6-2-1-3-7-16/h1-9,14H,10-13,15H2/p+1/b19-14-. The number of hydrogen-bond acceptors (Lipinski definition) is 4. The minimum absolute atomic E-state index is 0.0922. The van der Waals surface area contributed by atoms with Gasteiger partial charge in [0.05, 0.1) is 42.9 Å². The molecular formula is C18H21N4O2+. The molecule has 2 aromatic carbocycles. The quantitative estimate of drug-likeness (QED) is 0.512. The third kappa shape index (κ3) is 4.17. The smallest absolute Gasteiger partial charge is 0.278 e. The molecule has 0 aromatic heterocycles. The van der Waals surface area contributed by atoms with Gasteiger partial charge < -0.3 is 4.90 Å². The van der Waals surface area contributed by atoms with Crippen LogP contribution in [0.15, 0.2) is 59.7 Å². The molecule has 1 aliphatic rings. The van der Waals surface area contributed by atoms with Gasteiger partial charge in [0, 0.05) is 11.6 Å². The number of hydrazone groups is 1. The lowest BCUT2D eigenvalue weighted by Crippen LogP contribution is -3.13. The van der Waals surface area contributed by atoms with E-state index in [-0.39, 0.29) is 10.6 Å². The molecule has 6 nitrogen and oxygen atoms in total. The van der Waals surface area contributed by atoms with E-state index >= 15 is 0 Å². The second-order valence-electron chi connectivity index (χ2n) is 5.93. The molecule has 2 aromatic rings. The molecule has 24 heavy (non-hydrogen) atoms. The van der Waals surface area contributed by atoms with Crippen molar-refractivity contribution in [3.05, 3.63) is 75.8 Å². The van der Waals surface area contributed by atoms with Crippen LogP contribution in [-0.2, 0) is 6.54 Å². The Balaban J connectivity index is 1.55. The summed E-state index contributed by atoms with van der Waals surface area (Å²) in [5.74, 6) is 0. The van der Waals surface area contributed by atoms with Crippen LogP contribution in [0.3, 0.4) is 0 Å². The highest BCUT2D eigenvalue weighted by atomic mass is 16.6. The van der Waals surface area contributed by atoms with Crippen LogP contribution < -0.4 is 4.90 Å². The lowest BCUT2D eigenvalue weighted by molar-refractivity contribution is -0.918. The Morgan fingerprint density at radius 1 is 1.08 bits per heavy atom. The van der Waals surface area contributed by atoms with Crippen LogP contribution in [0.4, 0.5) is 5.69 Å². The molecule has 1 heterocycles. The molecule has 0 aliphatic carbocycles. The van der Waals surface area contributed by atoms with Crippen LogP contribution in [0, 0.1) is 10.1 Å². The zero-order chi connectivity index (χ0) is 16.8. The van der Waals surface area contributed by atoms with E-state index < -0.39 is 0 Å². The van der Waals surface area contributed by atoms with E-state index in [0.29, 0.717) is 5.56 Å². The molecule has 124 valence electrons. The average Bonchev–Trinajstić information content (AvgIpc) is 2.62. The number of nitrogens with one attached hydrogen (secondary N) is 1. The van der Waals surface area contributed by atoms with Gasteiger partial charge in [-0.05, 0) is 6.07 Å². The van der Waals surface area contributed by atoms with E-state index in [1.807, 2.05) is 11.1 Å². The van der Waals surface area contributed by atoms with Crippen molar-refractivity contribution in [3.63, 3.8) is 0 Å². The number of piperazine rings is 1. The van der Waals surface area contributed by atoms with Crippen molar-refractivity contribution in [1.82, 2.24) is 5.01 Å². The Bertz CT molecular complexity index is 710. The number of hydrogen-bond donors (Lipinski definition) is 1. The second kappa shape index (κ2) is 7.70. The first kappa shape index (κ1) is 16.1. The van der Waals surface area contributed by atoms with Gasteiger partial charge in [-0.25, -0.2) is 0 Å². The summed E-state index contributed by atoms with van der Waals surface area (Å²) < 4.78 is 0. The van der Waals surface area contributed by atoms with Crippen LogP contribution in [0.1, 0.15) is 11.1 Å². The van der Waals surface area contributed by atoms with Crippen molar-refractivity contribution in [2.24, 2.45) is 5.10 Å². The zero-order valence-electron chi connectivity index (χ0n) is 13.5. The summed E-state index contributed by atoms with van der Waals surface area (Å²) in [6.07, 6.45) is 1.60. The van der Waals surface area contributed by atoms with Crippen LogP contribution >= 0.6 is 0 Å². The van der Waals surface area contributed by atoms with Crippen molar-refractivity contribution in [2.75, 3.05) is 26.2 Å². The molecule has 1 N–H and O–H groups in total.